The molecular weight excluding hydrogens is 425 g/mol. The van der Waals surface area contributed by atoms with E-state index >= 15 is 0 Å². The van der Waals surface area contributed by atoms with Gasteiger partial charge in [0.05, 0.1) is 11.4 Å². The second-order valence-electron chi connectivity index (χ2n) is 7.00. The molecule has 0 fully saturated rings. The summed E-state index contributed by atoms with van der Waals surface area (Å²) in [6.45, 7) is 0.423. The number of carbonyl (C=O) groups excluding carboxylic acids is 2. The van der Waals surface area contributed by atoms with Gasteiger partial charge in [-0.2, -0.15) is 0 Å². The molecule has 7 heteroatoms. The summed E-state index contributed by atoms with van der Waals surface area (Å²) in [7, 11) is 0. The fourth-order valence-electron chi connectivity index (χ4n) is 3.10. The number of amidine groups is 1. The smallest absolute Gasteiger partial charge is 0.283 e. The third kappa shape index (κ3) is 5.31. The van der Waals surface area contributed by atoms with Crippen molar-refractivity contribution in [1.82, 2.24) is 5.32 Å². The van der Waals surface area contributed by atoms with Gasteiger partial charge in [0.15, 0.2) is 5.17 Å². The number of aliphatic imine (C=N–C) groups is 1. The molecule has 1 aliphatic rings. The molecule has 2 amide bonds. The summed E-state index contributed by atoms with van der Waals surface area (Å²) in [6.07, 6.45) is 1.70. The van der Waals surface area contributed by atoms with E-state index in [2.05, 4.69) is 10.3 Å². The molecule has 0 bridgehead atoms. The average molecular weight is 446 g/mol. The van der Waals surface area contributed by atoms with Gasteiger partial charge in [-0.3, -0.25) is 14.5 Å². The maximum Gasteiger partial charge on any atom is 0.283 e. The highest BCUT2D eigenvalue weighted by atomic mass is 32.2. The van der Waals surface area contributed by atoms with Crippen LogP contribution in [0.2, 0.25) is 0 Å². The SMILES string of the molecule is O=C(CSC1=N/C(=C\c2ccccc2)C(=O)N1c1ccc(F)cc1)NCc1ccccc1. The van der Waals surface area contributed by atoms with Gasteiger partial charge >= 0.3 is 0 Å². The predicted molar refractivity (Wildman–Crippen MR) is 126 cm³/mol. The summed E-state index contributed by atoms with van der Waals surface area (Å²) in [6, 6.07) is 24.6. The summed E-state index contributed by atoms with van der Waals surface area (Å²) >= 11 is 1.16. The zero-order valence-electron chi connectivity index (χ0n) is 17.1. The Balaban J connectivity index is 1.51. The predicted octanol–water partition coefficient (Wildman–Crippen LogP) is 4.62. The van der Waals surface area contributed by atoms with Crippen molar-refractivity contribution in [3.8, 4) is 0 Å². The fraction of sp³-hybridized carbons (Fsp3) is 0.0800. The number of thioether (sulfide) groups is 1. The summed E-state index contributed by atoms with van der Waals surface area (Å²) < 4.78 is 13.4. The van der Waals surface area contributed by atoms with E-state index in [1.165, 1.54) is 29.2 Å². The number of hydrogen-bond donors (Lipinski definition) is 1. The molecular formula is C25H20FN3O2S. The van der Waals surface area contributed by atoms with Crippen LogP contribution in [0.4, 0.5) is 10.1 Å². The molecule has 1 aliphatic heterocycles. The molecule has 5 nitrogen and oxygen atoms in total. The van der Waals surface area contributed by atoms with E-state index in [0.717, 1.165) is 22.9 Å². The van der Waals surface area contributed by atoms with E-state index in [1.54, 1.807) is 6.08 Å². The molecule has 3 aromatic rings. The van der Waals surface area contributed by atoms with Crippen LogP contribution in [0.25, 0.3) is 6.08 Å². The molecule has 0 radical (unpaired) electrons. The Bertz CT molecular complexity index is 1160. The van der Waals surface area contributed by atoms with Gasteiger partial charge in [0.1, 0.15) is 11.5 Å². The first kappa shape index (κ1) is 21.5. The molecule has 0 atom stereocenters. The standard InChI is InChI=1S/C25H20FN3O2S/c26-20-11-13-21(14-12-20)29-24(31)22(15-18-7-3-1-4-8-18)28-25(29)32-17-23(30)27-16-19-9-5-2-6-10-19/h1-15H,16-17H2,(H,27,30)/b22-15-. The number of nitrogens with one attached hydrogen (secondary N) is 1. The van der Waals surface area contributed by atoms with Crippen LogP contribution in [0, 0.1) is 5.82 Å². The van der Waals surface area contributed by atoms with Crippen LogP contribution in [0.5, 0.6) is 0 Å². The Labute approximate surface area is 189 Å². The molecule has 0 aliphatic carbocycles. The first-order valence-electron chi connectivity index (χ1n) is 9.99. The summed E-state index contributed by atoms with van der Waals surface area (Å²) in [5.41, 5.74) is 2.59. The van der Waals surface area contributed by atoms with Gasteiger partial charge in [-0.1, -0.05) is 72.4 Å². The molecule has 160 valence electrons. The van der Waals surface area contributed by atoms with E-state index in [-0.39, 0.29) is 23.3 Å². The molecule has 3 aromatic carbocycles. The van der Waals surface area contributed by atoms with Crippen LogP contribution in [0.15, 0.2) is 95.6 Å². The van der Waals surface area contributed by atoms with E-state index in [0.29, 0.717) is 17.4 Å². The summed E-state index contributed by atoms with van der Waals surface area (Å²) in [5, 5.41) is 3.24. The van der Waals surface area contributed by atoms with Crippen LogP contribution >= 0.6 is 11.8 Å². The van der Waals surface area contributed by atoms with E-state index < -0.39 is 5.82 Å². The normalized spacial score (nSPS) is 14.5. The molecule has 0 aromatic heterocycles. The molecule has 4 rings (SSSR count). The number of hydrogen-bond acceptors (Lipinski definition) is 4. The van der Waals surface area contributed by atoms with Gasteiger partial charge in [0.2, 0.25) is 5.91 Å². The zero-order chi connectivity index (χ0) is 22.3. The van der Waals surface area contributed by atoms with E-state index in [1.807, 2.05) is 60.7 Å². The second-order valence-corrected chi connectivity index (χ2v) is 7.95. The van der Waals surface area contributed by atoms with Gasteiger partial charge in [-0.05, 0) is 41.5 Å². The highest BCUT2D eigenvalue weighted by molar-refractivity contribution is 8.14. The Morgan fingerprint density at radius 3 is 2.31 bits per heavy atom. The Morgan fingerprint density at radius 1 is 0.969 bits per heavy atom. The van der Waals surface area contributed by atoms with Gasteiger partial charge < -0.3 is 5.32 Å². The molecule has 1 N–H and O–H groups in total. The lowest BCUT2D eigenvalue weighted by Crippen LogP contribution is -2.32. The highest BCUT2D eigenvalue weighted by Crippen LogP contribution is 2.29. The van der Waals surface area contributed by atoms with Crippen LogP contribution in [0.3, 0.4) is 0 Å². The molecule has 0 unspecified atom stereocenters. The maximum atomic E-state index is 13.4. The van der Waals surface area contributed by atoms with Gasteiger partial charge in [-0.15, -0.1) is 0 Å². The van der Waals surface area contributed by atoms with Crippen LogP contribution in [-0.2, 0) is 16.1 Å². The second kappa shape index (κ2) is 10.1. The molecule has 0 saturated carbocycles. The van der Waals surface area contributed by atoms with Crippen LogP contribution in [-0.4, -0.2) is 22.7 Å². The minimum absolute atomic E-state index is 0.0925. The molecule has 0 spiro atoms. The van der Waals surface area contributed by atoms with Crippen LogP contribution in [0.1, 0.15) is 11.1 Å². The van der Waals surface area contributed by atoms with Gasteiger partial charge in [0.25, 0.3) is 5.91 Å². The number of anilines is 1. The van der Waals surface area contributed by atoms with Crippen molar-refractivity contribution in [3.05, 3.63) is 108 Å². The van der Waals surface area contributed by atoms with Gasteiger partial charge in [-0.25, -0.2) is 9.38 Å². The van der Waals surface area contributed by atoms with Gasteiger partial charge in [0, 0.05) is 6.54 Å². The Kier molecular flexibility index (Phi) is 6.77. The molecule has 0 saturated heterocycles. The summed E-state index contributed by atoms with van der Waals surface area (Å²) in [5.74, 6) is -0.803. The first-order chi connectivity index (χ1) is 15.6. The summed E-state index contributed by atoms with van der Waals surface area (Å²) in [4.78, 5) is 31.3. The number of carbonyl (C=O) groups is 2. The molecule has 32 heavy (non-hydrogen) atoms. The largest absolute Gasteiger partial charge is 0.351 e. The van der Waals surface area contributed by atoms with Crippen molar-refractivity contribution >= 4 is 40.5 Å². The van der Waals surface area contributed by atoms with Crippen molar-refractivity contribution in [2.24, 2.45) is 4.99 Å². The number of rotatable bonds is 6. The Morgan fingerprint density at radius 2 is 1.62 bits per heavy atom. The number of halogens is 1. The lowest BCUT2D eigenvalue weighted by Gasteiger charge is -2.17. The van der Waals surface area contributed by atoms with E-state index in [4.69, 9.17) is 0 Å². The average Bonchev–Trinajstić information content (AvgIpc) is 3.13. The number of nitrogens with zero attached hydrogens (tertiary/aromatic N) is 2. The highest BCUT2D eigenvalue weighted by Gasteiger charge is 2.32. The Hall–Kier alpha value is -3.71. The first-order valence-corrected chi connectivity index (χ1v) is 11.0. The van der Waals surface area contributed by atoms with Crippen molar-refractivity contribution < 1.29 is 14.0 Å². The monoisotopic (exact) mass is 445 g/mol. The third-order valence-electron chi connectivity index (χ3n) is 4.68. The topological polar surface area (TPSA) is 61.8 Å². The van der Waals surface area contributed by atoms with Crippen molar-refractivity contribution in [2.75, 3.05) is 10.7 Å². The third-order valence-corrected chi connectivity index (χ3v) is 5.62. The number of amides is 2. The van der Waals surface area contributed by atoms with Crippen molar-refractivity contribution in [1.29, 1.82) is 0 Å². The minimum atomic E-state index is -0.396. The zero-order valence-corrected chi connectivity index (χ0v) is 17.9. The lowest BCUT2D eigenvalue weighted by molar-refractivity contribution is -0.118. The van der Waals surface area contributed by atoms with Crippen LogP contribution < -0.4 is 10.2 Å². The quantitative estimate of drug-likeness (QED) is 0.564. The van der Waals surface area contributed by atoms with Crippen molar-refractivity contribution in [2.45, 2.75) is 6.54 Å². The van der Waals surface area contributed by atoms with E-state index in [9.17, 15) is 14.0 Å². The lowest BCUT2D eigenvalue weighted by atomic mass is 10.2. The molecule has 1 heterocycles. The minimum Gasteiger partial charge on any atom is -0.351 e. The van der Waals surface area contributed by atoms with Crippen molar-refractivity contribution in [3.63, 3.8) is 0 Å². The maximum absolute atomic E-state index is 13.4. The fourth-order valence-corrected chi connectivity index (χ4v) is 3.94. The number of benzene rings is 3.